The number of hydrogen-bond acceptors (Lipinski definition) is 0. The first-order chi connectivity index (χ1) is 4.29. The topological polar surface area (TPSA) is 0 Å². The Morgan fingerprint density at radius 1 is 1.11 bits per heavy atom. The summed E-state index contributed by atoms with van der Waals surface area (Å²) in [5, 5.41) is 0. The van der Waals surface area contributed by atoms with Crippen LogP contribution >= 0.6 is 0 Å². The molecule has 2 saturated carbocycles. The molecule has 2 rings (SSSR count). The predicted molar refractivity (Wildman–Crippen MR) is 39.2 cm³/mol. The van der Waals surface area contributed by atoms with E-state index >= 15 is 0 Å². The van der Waals surface area contributed by atoms with Crippen LogP contribution in [0.3, 0.4) is 0 Å². The van der Waals surface area contributed by atoms with Gasteiger partial charge in [0.1, 0.15) is 0 Å². The quantitative estimate of drug-likeness (QED) is 0.433. The fourth-order valence-electron chi connectivity index (χ4n) is 1.77. The fourth-order valence-corrected chi connectivity index (χ4v) is 1.77. The summed E-state index contributed by atoms with van der Waals surface area (Å²) in [6.07, 6.45) is 4.28. The van der Waals surface area contributed by atoms with Crippen molar-refractivity contribution in [2.45, 2.75) is 33.1 Å². The summed E-state index contributed by atoms with van der Waals surface area (Å²) in [5.74, 6) is 1.91. The highest BCUT2D eigenvalue weighted by Crippen LogP contribution is 2.48. The Balaban J connectivity index is 2.13. The Morgan fingerprint density at radius 3 is 1.89 bits per heavy atom. The van der Waals surface area contributed by atoms with E-state index in [4.69, 9.17) is 0 Å². The Labute approximate surface area is 57.0 Å². The highest BCUT2D eigenvalue weighted by molar-refractivity contribution is 5.33. The van der Waals surface area contributed by atoms with Crippen LogP contribution in [0.2, 0.25) is 0 Å². The maximum absolute atomic E-state index is 2.36. The molecule has 0 heterocycles. The molecule has 0 aromatic heterocycles. The van der Waals surface area contributed by atoms with Crippen molar-refractivity contribution in [3.63, 3.8) is 0 Å². The predicted octanol–water partition coefficient (Wildman–Crippen LogP) is 2.75. The third-order valence-electron chi connectivity index (χ3n) is 2.81. The van der Waals surface area contributed by atoms with Gasteiger partial charge in [0.15, 0.2) is 0 Å². The van der Waals surface area contributed by atoms with Crippen molar-refractivity contribution < 1.29 is 0 Å². The lowest BCUT2D eigenvalue weighted by Crippen LogP contribution is -2.11. The second-order valence-electron chi connectivity index (χ2n) is 3.60. The summed E-state index contributed by atoms with van der Waals surface area (Å²) < 4.78 is 0. The Hall–Kier alpha value is -0.260. The van der Waals surface area contributed by atoms with Crippen LogP contribution in [0, 0.1) is 11.8 Å². The highest BCUT2D eigenvalue weighted by atomic mass is 14.4. The molecular formula is C9H14. The van der Waals surface area contributed by atoms with E-state index in [2.05, 4.69) is 13.8 Å². The van der Waals surface area contributed by atoms with Crippen LogP contribution in [-0.2, 0) is 0 Å². The van der Waals surface area contributed by atoms with Gasteiger partial charge >= 0.3 is 0 Å². The monoisotopic (exact) mass is 122 g/mol. The molecule has 2 aliphatic carbocycles. The van der Waals surface area contributed by atoms with Gasteiger partial charge in [-0.3, -0.25) is 0 Å². The summed E-state index contributed by atoms with van der Waals surface area (Å²) in [4.78, 5) is 0. The van der Waals surface area contributed by atoms with Crippen LogP contribution in [-0.4, -0.2) is 0 Å². The summed E-state index contributed by atoms with van der Waals surface area (Å²) in [6, 6.07) is 0. The molecule has 0 aromatic carbocycles. The highest BCUT2D eigenvalue weighted by Gasteiger charge is 2.33. The smallest absolute Gasteiger partial charge is 0.0191 e. The van der Waals surface area contributed by atoms with E-state index in [-0.39, 0.29) is 0 Å². The van der Waals surface area contributed by atoms with Gasteiger partial charge in [0.2, 0.25) is 0 Å². The number of rotatable bonds is 0. The molecule has 0 heteroatoms. The van der Waals surface area contributed by atoms with Gasteiger partial charge in [-0.15, -0.1) is 0 Å². The van der Waals surface area contributed by atoms with Gasteiger partial charge in [0.05, 0.1) is 0 Å². The molecule has 50 valence electrons. The maximum Gasteiger partial charge on any atom is -0.0191 e. The van der Waals surface area contributed by atoms with Gasteiger partial charge in [0, 0.05) is 0 Å². The first-order valence-corrected chi connectivity index (χ1v) is 4.01. The van der Waals surface area contributed by atoms with E-state index in [1.807, 2.05) is 5.57 Å². The van der Waals surface area contributed by atoms with E-state index in [9.17, 15) is 0 Å². The van der Waals surface area contributed by atoms with E-state index in [1.165, 1.54) is 19.3 Å². The van der Waals surface area contributed by atoms with Crippen molar-refractivity contribution in [1.29, 1.82) is 0 Å². The van der Waals surface area contributed by atoms with Crippen molar-refractivity contribution in [1.82, 2.24) is 0 Å². The van der Waals surface area contributed by atoms with Crippen LogP contribution < -0.4 is 0 Å². The first-order valence-electron chi connectivity index (χ1n) is 4.01. The van der Waals surface area contributed by atoms with E-state index in [1.54, 1.807) is 5.57 Å². The molecule has 2 fully saturated rings. The van der Waals surface area contributed by atoms with E-state index in [0.717, 1.165) is 11.8 Å². The summed E-state index contributed by atoms with van der Waals surface area (Å²) in [7, 11) is 0. The third kappa shape index (κ3) is 0.726. The molecule has 0 N–H and O–H groups in total. The zero-order valence-corrected chi connectivity index (χ0v) is 6.28. The molecule has 0 nitrogen and oxygen atoms in total. The molecule has 2 aliphatic rings. The third-order valence-corrected chi connectivity index (χ3v) is 2.81. The molecule has 9 heavy (non-hydrogen) atoms. The second kappa shape index (κ2) is 1.62. The standard InChI is InChI=1S/C9H14/c1-6-3-4-8(6)9-5-7(9)2/h6-7H,3-5H2,1-2H3. The average molecular weight is 122 g/mol. The SMILES string of the molecule is CC1CCC1=C1CC1C. The maximum atomic E-state index is 2.36. The van der Waals surface area contributed by atoms with Crippen LogP contribution in [0.1, 0.15) is 33.1 Å². The summed E-state index contributed by atoms with van der Waals surface area (Å²) >= 11 is 0. The molecule has 2 unspecified atom stereocenters. The van der Waals surface area contributed by atoms with Crippen molar-refractivity contribution in [2.24, 2.45) is 11.8 Å². The van der Waals surface area contributed by atoms with Crippen LogP contribution in [0.4, 0.5) is 0 Å². The molecule has 0 aromatic rings. The van der Waals surface area contributed by atoms with E-state index < -0.39 is 0 Å². The Bertz CT molecular complexity index is 165. The van der Waals surface area contributed by atoms with Gasteiger partial charge in [-0.25, -0.2) is 0 Å². The molecule has 0 saturated heterocycles. The van der Waals surface area contributed by atoms with Crippen LogP contribution in [0.15, 0.2) is 11.1 Å². The lowest BCUT2D eigenvalue weighted by molar-refractivity contribution is 0.479. The summed E-state index contributed by atoms with van der Waals surface area (Å²) in [5.41, 5.74) is 3.61. The lowest BCUT2D eigenvalue weighted by Gasteiger charge is -2.26. The van der Waals surface area contributed by atoms with Crippen molar-refractivity contribution in [2.75, 3.05) is 0 Å². The van der Waals surface area contributed by atoms with Crippen molar-refractivity contribution in [3.8, 4) is 0 Å². The minimum Gasteiger partial charge on any atom is -0.0678 e. The van der Waals surface area contributed by atoms with Gasteiger partial charge in [-0.2, -0.15) is 0 Å². The molecule has 0 bridgehead atoms. The molecule has 0 radical (unpaired) electrons. The fraction of sp³-hybridized carbons (Fsp3) is 0.778. The Kier molecular flexibility index (Phi) is 0.992. The largest absolute Gasteiger partial charge is 0.0678 e. The van der Waals surface area contributed by atoms with Gasteiger partial charge in [-0.1, -0.05) is 25.0 Å². The summed E-state index contributed by atoms with van der Waals surface area (Å²) in [6.45, 7) is 4.70. The average Bonchev–Trinajstić information content (AvgIpc) is 2.44. The first kappa shape index (κ1) is 5.52. The minimum atomic E-state index is 0.949. The minimum absolute atomic E-state index is 0.949. The van der Waals surface area contributed by atoms with Gasteiger partial charge in [0.25, 0.3) is 0 Å². The van der Waals surface area contributed by atoms with Crippen molar-refractivity contribution in [3.05, 3.63) is 11.1 Å². The van der Waals surface area contributed by atoms with Gasteiger partial charge in [-0.05, 0) is 31.1 Å². The molecule has 0 amide bonds. The van der Waals surface area contributed by atoms with Crippen LogP contribution in [0.5, 0.6) is 0 Å². The van der Waals surface area contributed by atoms with E-state index in [0.29, 0.717) is 0 Å². The molecule has 0 spiro atoms. The van der Waals surface area contributed by atoms with Gasteiger partial charge < -0.3 is 0 Å². The molecular weight excluding hydrogens is 108 g/mol. The zero-order valence-electron chi connectivity index (χ0n) is 6.28. The molecule has 0 aliphatic heterocycles. The second-order valence-corrected chi connectivity index (χ2v) is 3.60. The number of hydrogen-bond donors (Lipinski definition) is 0. The van der Waals surface area contributed by atoms with Crippen LogP contribution in [0.25, 0.3) is 0 Å². The number of allylic oxidation sites excluding steroid dienone is 2. The lowest BCUT2D eigenvalue weighted by atomic mass is 9.80. The van der Waals surface area contributed by atoms with Crippen molar-refractivity contribution >= 4 is 0 Å². The molecule has 2 atom stereocenters. The zero-order chi connectivity index (χ0) is 6.43. The Morgan fingerprint density at radius 2 is 1.78 bits per heavy atom. The normalized spacial score (nSPS) is 48.7.